The quantitative estimate of drug-likeness (QED) is 0.792. The molecule has 0 aliphatic carbocycles. The molecule has 0 heterocycles. The summed E-state index contributed by atoms with van der Waals surface area (Å²) in [6, 6.07) is 16.1. The molecule has 0 spiro atoms. The number of aliphatic hydroxyl groups is 1. The first-order valence-corrected chi connectivity index (χ1v) is 6.66. The van der Waals surface area contributed by atoms with Crippen molar-refractivity contribution in [1.29, 1.82) is 0 Å². The van der Waals surface area contributed by atoms with Gasteiger partial charge in [0.15, 0.2) is 6.61 Å². The number of nitrogens with two attached hydrogens (primary N) is 1. The zero-order valence-corrected chi connectivity index (χ0v) is 11.6. The van der Waals surface area contributed by atoms with Gasteiger partial charge in [-0.1, -0.05) is 30.3 Å². The van der Waals surface area contributed by atoms with Crippen LogP contribution < -0.4 is 15.4 Å². The molecule has 0 saturated carbocycles. The lowest BCUT2D eigenvalue weighted by molar-refractivity contribution is -0.120. The van der Waals surface area contributed by atoms with Gasteiger partial charge < -0.3 is 20.5 Å². The fourth-order valence-corrected chi connectivity index (χ4v) is 1.95. The van der Waals surface area contributed by atoms with Crippen molar-refractivity contribution in [2.75, 3.05) is 30.4 Å². The van der Waals surface area contributed by atoms with Crippen LogP contribution in [0.5, 0.6) is 5.75 Å². The number of aliphatic hydroxyl groups excluding tert-OH is 1. The summed E-state index contributed by atoms with van der Waals surface area (Å²) in [5.41, 5.74) is 6.94. The number of hydrogen-bond acceptors (Lipinski definition) is 4. The summed E-state index contributed by atoms with van der Waals surface area (Å²) < 4.78 is 5.44. The highest BCUT2D eigenvalue weighted by molar-refractivity contribution is 5.97. The molecule has 0 aliphatic heterocycles. The molecule has 0 radical (unpaired) electrons. The van der Waals surface area contributed by atoms with E-state index >= 15 is 0 Å². The first kappa shape index (κ1) is 14.9. The van der Waals surface area contributed by atoms with Crippen molar-refractivity contribution in [3.63, 3.8) is 0 Å². The van der Waals surface area contributed by atoms with Crippen LogP contribution in [0.3, 0.4) is 0 Å². The molecule has 0 aromatic heterocycles. The Kier molecular flexibility index (Phi) is 5.17. The van der Waals surface area contributed by atoms with Crippen LogP contribution in [0.2, 0.25) is 0 Å². The van der Waals surface area contributed by atoms with E-state index in [1.165, 1.54) is 4.90 Å². The third-order valence-corrected chi connectivity index (χ3v) is 2.96. The first-order valence-electron chi connectivity index (χ1n) is 6.66. The van der Waals surface area contributed by atoms with Gasteiger partial charge in [0.2, 0.25) is 0 Å². The third kappa shape index (κ3) is 3.97. The molecule has 5 nitrogen and oxygen atoms in total. The predicted molar refractivity (Wildman–Crippen MR) is 82.2 cm³/mol. The molecule has 0 bridgehead atoms. The van der Waals surface area contributed by atoms with Gasteiger partial charge in [-0.05, 0) is 24.3 Å². The number of carbonyl (C=O) groups excluding carboxylic acids is 1. The molecule has 110 valence electrons. The molecule has 0 aliphatic rings. The normalized spacial score (nSPS) is 10.1. The molecular weight excluding hydrogens is 268 g/mol. The Labute approximate surface area is 123 Å². The van der Waals surface area contributed by atoms with Crippen LogP contribution in [0.1, 0.15) is 0 Å². The Morgan fingerprint density at radius 3 is 2.43 bits per heavy atom. The number of nitrogens with zero attached hydrogens (tertiary/aromatic N) is 1. The lowest BCUT2D eigenvalue weighted by atomic mass is 10.2. The number of rotatable bonds is 6. The maximum Gasteiger partial charge on any atom is 0.265 e. The van der Waals surface area contributed by atoms with Crippen LogP contribution in [0, 0.1) is 0 Å². The third-order valence-electron chi connectivity index (χ3n) is 2.96. The van der Waals surface area contributed by atoms with Crippen molar-refractivity contribution >= 4 is 17.3 Å². The van der Waals surface area contributed by atoms with Gasteiger partial charge in [0.25, 0.3) is 5.91 Å². The van der Waals surface area contributed by atoms with E-state index in [0.717, 1.165) is 0 Å². The number of benzene rings is 2. The van der Waals surface area contributed by atoms with Crippen LogP contribution in [0.25, 0.3) is 0 Å². The maximum atomic E-state index is 12.3. The number of carbonyl (C=O) groups is 1. The number of nitrogen functional groups attached to an aromatic ring is 1. The van der Waals surface area contributed by atoms with Crippen molar-refractivity contribution in [1.82, 2.24) is 0 Å². The zero-order chi connectivity index (χ0) is 15.1. The minimum absolute atomic E-state index is 0.113. The van der Waals surface area contributed by atoms with Crippen molar-refractivity contribution in [3.8, 4) is 5.75 Å². The second-order valence-electron chi connectivity index (χ2n) is 4.43. The molecule has 3 N–H and O–H groups in total. The van der Waals surface area contributed by atoms with Crippen LogP contribution >= 0.6 is 0 Å². The highest BCUT2D eigenvalue weighted by Crippen LogP contribution is 2.22. The predicted octanol–water partition coefficient (Wildman–Crippen LogP) is 1.67. The van der Waals surface area contributed by atoms with E-state index in [1.807, 2.05) is 18.2 Å². The molecule has 2 rings (SSSR count). The smallest absolute Gasteiger partial charge is 0.265 e. The van der Waals surface area contributed by atoms with Gasteiger partial charge in [-0.3, -0.25) is 4.79 Å². The average Bonchev–Trinajstić information content (AvgIpc) is 2.52. The Bertz CT molecular complexity index is 587. The molecule has 0 unspecified atom stereocenters. The maximum absolute atomic E-state index is 12.3. The van der Waals surface area contributed by atoms with Crippen molar-refractivity contribution in [2.45, 2.75) is 0 Å². The lowest BCUT2D eigenvalue weighted by Gasteiger charge is -2.23. The summed E-state index contributed by atoms with van der Waals surface area (Å²) in [6.45, 7) is -0.0883. The highest BCUT2D eigenvalue weighted by Gasteiger charge is 2.17. The van der Waals surface area contributed by atoms with Gasteiger partial charge in [0.05, 0.1) is 18.0 Å². The van der Waals surface area contributed by atoms with Crippen molar-refractivity contribution in [2.24, 2.45) is 0 Å². The Hall–Kier alpha value is -2.53. The summed E-state index contributed by atoms with van der Waals surface area (Å²) in [6.07, 6.45) is 0. The minimum atomic E-state index is -0.259. The van der Waals surface area contributed by atoms with Gasteiger partial charge in [0, 0.05) is 6.54 Å². The van der Waals surface area contributed by atoms with Crippen LogP contribution in [-0.2, 0) is 4.79 Å². The Morgan fingerprint density at radius 1 is 1.10 bits per heavy atom. The topological polar surface area (TPSA) is 75.8 Å². The van der Waals surface area contributed by atoms with E-state index in [0.29, 0.717) is 17.1 Å². The summed E-state index contributed by atoms with van der Waals surface area (Å²) >= 11 is 0. The fraction of sp³-hybridized carbons (Fsp3) is 0.188. The molecule has 0 fully saturated rings. The second kappa shape index (κ2) is 7.31. The lowest BCUT2D eigenvalue weighted by Crippen LogP contribution is -2.37. The number of hydrogen-bond donors (Lipinski definition) is 2. The van der Waals surface area contributed by atoms with Crippen LogP contribution in [0.4, 0.5) is 11.4 Å². The number of anilines is 2. The van der Waals surface area contributed by atoms with Crippen LogP contribution in [-0.4, -0.2) is 30.8 Å². The molecule has 0 saturated heterocycles. The monoisotopic (exact) mass is 286 g/mol. The number of ether oxygens (including phenoxy) is 1. The molecule has 0 atom stereocenters. The van der Waals surface area contributed by atoms with Gasteiger partial charge in [-0.2, -0.15) is 0 Å². The summed E-state index contributed by atoms with van der Waals surface area (Å²) in [4.78, 5) is 13.7. The summed E-state index contributed by atoms with van der Waals surface area (Å²) in [7, 11) is 0. The van der Waals surface area contributed by atoms with E-state index in [1.54, 1.807) is 36.4 Å². The summed E-state index contributed by atoms with van der Waals surface area (Å²) in [5.74, 6) is 0.363. The molecule has 2 aromatic carbocycles. The van der Waals surface area contributed by atoms with Crippen molar-refractivity contribution in [3.05, 3.63) is 54.6 Å². The SMILES string of the molecule is Nc1ccccc1N(CCO)C(=O)COc1ccccc1. The molecule has 5 heteroatoms. The molecule has 1 amide bonds. The van der Waals surface area contributed by atoms with E-state index in [-0.39, 0.29) is 25.7 Å². The largest absolute Gasteiger partial charge is 0.484 e. The number of amides is 1. The minimum Gasteiger partial charge on any atom is -0.484 e. The van der Waals surface area contributed by atoms with Crippen LogP contribution in [0.15, 0.2) is 54.6 Å². The highest BCUT2D eigenvalue weighted by atomic mass is 16.5. The Morgan fingerprint density at radius 2 is 1.76 bits per heavy atom. The summed E-state index contributed by atoms with van der Waals surface area (Å²) in [5, 5.41) is 9.15. The standard InChI is InChI=1S/C16H18N2O3/c17-14-8-4-5-9-15(14)18(10-11-19)16(20)12-21-13-6-2-1-3-7-13/h1-9,19H,10-12,17H2. The first-order chi connectivity index (χ1) is 10.2. The molecule has 2 aromatic rings. The molecule has 21 heavy (non-hydrogen) atoms. The van der Waals surface area contributed by atoms with Gasteiger partial charge in [0.1, 0.15) is 5.75 Å². The average molecular weight is 286 g/mol. The second-order valence-corrected chi connectivity index (χ2v) is 4.43. The molecular formula is C16H18N2O3. The zero-order valence-electron chi connectivity index (χ0n) is 11.6. The Balaban J connectivity index is 2.08. The number of para-hydroxylation sites is 3. The van der Waals surface area contributed by atoms with E-state index in [2.05, 4.69) is 0 Å². The van der Waals surface area contributed by atoms with Gasteiger partial charge >= 0.3 is 0 Å². The van der Waals surface area contributed by atoms with E-state index in [4.69, 9.17) is 15.6 Å². The van der Waals surface area contributed by atoms with Gasteiger partial charge in [-0.15, -0.1) is 0 Å². The van der Waals surface area contributed by atoms with E-state index < -0.39 is 0 Å². The van der Waals surface area contributed by atoms with Gasteiger partial charge in [-0.25, -0.2) is 0 Å². The van der Waals surface area contributed by atoms with Crippen molar-refractivity contribution < 1.29 is 14.6 Å². The fourth-order valence-electron chi connectivity index (χ4n) is 1.95. The van der Waals surface area contributed by atoms with E-state index in [9.17, 15) is 4.79 Å².